The molecule has 1 heterocycles. The number of carbonyl (C=O) groups is 3. The molecule has 1 saturated carbocycles. The highest BCUT2D eigenvalue weighted by atomic mass is 16.2. The lowest BCUT2D eigenvalue weighted by Gasteiger charge is -2.18. The molecule has 2 fully saturated rings. The molecule has 0 spiro atoms. The number of rotatable bonds is 5. The Balaban J connectivity index is 1.29. The highest BCUT2D eigenvalue weighted by molar-refractivity contribution is 6.23. The quantitative estimate of drug-likeness (QED) is 0.635. The Hall–Kier alpha value is -3.21. The van der Waals surface area contributed by atoms with E-state index < -0.39 is 0 Å². The van der Waals surface area contributed by atoms with Crippen LogP contribution in [0.3, 0.4) is 0 Å². The number of nitrogens with zero attached hydrogens (tertiary/aromatic N) is 1. The van der Waals surface area contributed by atoms with Crippen LogP contribution < -0.4 is 10.2 Å². The Morgan fingerprint density at radius 2 is 1.62 bits per heavy atom. The van der Waals surface area contributed by atoms with Gasteiger partial charge in [0.15, 0.2) is 0 Å². The van der Waals surface area contributed by atoms with Gasteiger partial charge in [0.25, 0.3) is 5.91 Å². The maximum atomic E-state index is 13.0. The summed E-state index contributed by atoms with van der Waals surface area (Å²) in [5, 5.41) is 2.91. The van der Waals surface area contributed by atoms with E-state index in [0.29, 0.717) is 17.8 Å². The van der Waals surface area contributed by atoms with Crippen LogP contribution in [-0.4, -0.2) is 24.3 Å². The van der Waals surface area contributed by atoms with Crippen molar-refractivity contribution in [1.29, 1.82) is 0 Å². The molecule has 1 N–H and O–H groups in total. The van der Waals surface area contributed by atoms with E-state index >= 15 is 0 Å². The van der Waals surface area contributed by atoms with Crippen LogP contribution >= 0.6 is 0 Å². The van der Waals surface area contributed by atoms with Crippen molar-refractivity contribution in [2.75, 3.05) is 11.4 Å². The van der Waals surface area contributed by atoms with Crippen LogP contribution in [0.5, 0.6) is 0 Å². The van der Waals surface area contributed by atoms with Gasteiger partial charge in [0.1, 0.15) is 0 Å². The number of imide groups is 1. The van der Waals surface area contributed by atoms with Crippen molar-refractivity contribution >= 4 is 23.4 Å². The lowest BCUT2D eigenvalue weighted by atomic mass is 9.85. The van der Waals surface area contributed by atoms with Gasteiger partial charge in [-0.25, -0.2) is 4.90 Å². The first kappa shape index (κ1) is 17.9. The van der Waals surface area contributed by atoms with Gasteiger partial charge in [-0.05, 0) is 48.4 Å². The zero-order valence-electron chi connectivity index (χ0n) is 16.0. The fourth-order valence-electron chi connectivity index (χ4n) is 5.01. The Kier molecular flexibility index (Phi) is 4.31. The number of benzene rings is 2. The molecule has 1 saturated heterocycles. The van der Waals surface area contributed by atoms with Gasteiger partial charge in [-0.1, -0.05) is 48.6 Å². The Bertz CT molecular complexity index is 984. The van der Waals surface area contributed by atoms with Gasteiger partial charge >= 0.3 is 0 Å². The van der Waals surface area contributed by atoms with Crippen molar-refractivity contribution in [3.63, 3.8) is 0 Å². The molecule has 4 atom stereocenters. The number of anilines is 1. The second-order valence-electron chi connectivity index (χ2n) is 8.05. The molecule has 5 nitrogen and oxygen atoms in total. The topological polar surface area (TPSA) is 66.5 Å². The van der Waals surface area contributed by atoms with Crippen molar-refractivity contribution in [3.8, 4) is 0 Å². The lowest BCUT2D eigenvalue weighted by molar-refractivity contribution is -0.123. The number of carbonyl (C=O) groups excluding carboxylic acids is 3. The minimum Gasteiger partial charge on any atom is -0.352 e. The summed E-state index contributed by atoms with van der Waals surface area (Å²) in [6.07, 6.45) is 5.81. The molecular formula is C24H22N2O3. The smallest absolute Gasteiger partial charge is 0.251 e. The Morgan fingerprint density at radius 1 is 0.931 bits per heavy atom. The second kappa shape index (κ2) is 6.99. The molecule has 3 amide bonds. The van der Waals surface area contributed by atoms with Crippen LogP contribution in [0, 0.1) is 23.7 Å². The molecule has 5 heteroatoms. The van der Waals surface area contributed by atoms with E-state index in [4.69, 9.17) is 0 Å². The van der Waals surface area contributed by atoms with E-state index in [0.717, 1.165) is 18.4 Å². The zero-order chi connectivity index (χ0) is 20.0. The molecule has 2 bridgehead atoms. The van der Waals surface area contributed by atoms with Crippen LogP contribution in [0.1, 0.15) is 22.3 Å². The minimum absolute atomic E-state index is 0.126. The second-order valence-corrected chi connectivity index (χ2v) is 8.05. The van der Waals surface area contributed by atoms with E-state index in [1.165, 1.54) is 4.90 Å². The third-order valence-corrected chi connectivity index (χ3v) is 6.38. The normalized spacial score (nSPS) is 26.8. The van der Waals surface area contributed by atoms with Gasteiger partial charge in [-0.2, -0.15) is 0 Å². The number of hydrogen-bond acceptors (Lipinski definition) is 3. The third-order valence-electron chi connectivity index (χ3n) is 6.38. The van der Waals surface area contributed by atoms with E-state index in [2.05, 4.69) is 17.5 Å². The van der Waals surface area contributed by atoms with Crippen molar-refractivity contribution < 1.29 is 14.4 Å². The predicted octanol–water partition coefficient (Wildman–Crippen LogP) is 2.97. The van der Waals surface area contributed by atoms with E-state index in [-0.39, 0.29) is 41.4 Å². The van der Waals surface area contributed by atoms with Gasteiger partial charge in [-0.15, -0.1) is 0 Å². The molecule has 1 aliphatic heterocycles. The fourth-order valence-corrected chi connectivity index (χ4v) is 5.01. The van der Waals surface area contributed by atoms with E-state index in [1.54, 1.807) is 24.3 Å². The molecule has 2 aromatic rings. The van der Waals surface area contributed by atoms with Crippen molar-refractivity contribution in [1.82, 2.24) is 5.32 Å². The van der Waals surface area contributed by atoms with Crippen molar-refractivity contribution in [2.45, 2.75) is 12.8 Å². The highest BCUT2D eigenvalue weighted by Crippen LogP contribution is 2.53. The third kappa shape index (κ3) is 2.97. The summed E-state index contributed by atoms with van der Waals surface area (Å²) in [5.41, 5.74) is 2.10. The van der Waals surface area contributed by atoms with Crippen LogP contribution in [0.2, 0.25) is 0 Å². The molecule has 5 rings (SSSR count). The number of fused-ring (bicyclic) bond motifs is 5. The summed E-state index contributed by atoms with van der Waals surface area (Å²) < 4.78 is 0. The molecule has 29 heavy (non-hydrogen) atoms. The standard InChI is InChI=1S/C24H22N2O3/c27-22(25-12-11-15-5-2-1-3-6-15)18-7-4-8-19(14-18)26-23(28)20-16-9-10-17(13-16)21(20)24(26)29/h1-10,14,16-17,20-21H,11-13H2,(H,25,27)/t16-,17-,20-,21+/m0/s1. The first-order valence-electron chi connectivity index (χ1n) is 10.1. The average Bonchev–Trinajstić information content (AvgIpc) is 3.42. The average molecular weight is 386 g/mol. The van der Waals surface area contributed by atoms with Gasteiger partial charge in [0.2, 0.25) is 11.8 Å². The summed E-state index contributed by atoms with van der Waals surface area (Å²) in [6.45, 7) is 0.522. The Labute approximate surface area is 169 Å². The summed E-state index contributed by atoms with van der Waals surface area (Å²) in [7, 11) is 0. The van der Waals surface area contributed by atoms with Gasteiger partial charge in [0, 0.05) is 12.1 Å². The molecule has 2 aliphatic carbocycles. The Morgan fingerprint density at radius 3 is 2.31 bits per heavy atom. The largest absolute Gasteiger partial charge is 0.352 e. The first-order valence-corrected chi connectivity index (χ1v) is 10.1. The molecular weight excluding hydrogens is 364 g/mol. The van der Waals surface area contributed by atoms with Crippen LogP contribution in [0.25, 0.3) is 0 Å². The monoisotopic (exact) mass is 386 g/mol. The summed E-state index contributed by atoms with van der Waals surface area (Å²) in [6, 6.07) is 16.8. The van der Waals surface area contributed by atoms with Gasteiger partial charge in [0.05, 0.1) is 17.5 Å². The van der Waals surface area contributed by atoms with E-state index in [9.17, 15) is 14.4 Å². The fraction of sp³-hybridized carbons (Fsp3) is 0.292. The van der Waals surface area contributed by atoms with Crippen LogP contribution in [0.4, 0.5) is 5.69 Å². The van der Waals surface area contributed by atoms with Crippen molar-refractivity contribution in [3.05, 3.63) is 77.9 Å². The van der Waals surface area contributed by atoms with Gasteiger partial charge < -0.3 is 5.32 Å². The van der Waals surface area contributed by atoms with Crippen LogP contribution in [-0.2, 0) is 16.0 Å². The number of amides is 3. The molecule has 0 aromatic heterocycles. The number of allylic oxidation sites excluding steroid dienone is 2. The minimum atomic E-state index is -0.235. The van der Waals surface area contributed by atoms with E-state index in [1.807, 2.05) is 30.3 Å². The number of hydrogen-bond donors (Lipinski definition) is 1. The maximum Gasteiger partial charge on any atom is 0.251 e. The molecule has 146 valence electrons. The van der Waals surface area contributed by atoms with Crippen molar-refractivity contribution in [2.24, 2.45) is 23.7 Å². The molecule has 2 aromatic carbocycles. The first-order chi connectivity index (χ1) is 14.1. The summed E-state index contributed by atoms with van der Waals surface area (Å²) in [4.78, 5) is 39.8. The predicted molar refractivity (Wildman–Crippen MR) is 109 cm³/mol. The van der Waals surface area contributed by atoms with Gasteiger partial charge in [-0.3, -0.25) is 14.4 Å². The lowest BCUT2D eigenvalue weighted by Crippen LogP contribution is -2.33. The SMILES string of the molecule is O=C(NCCc1ccccc1)c1cccc(N2C(=O)[C@@H]3[C@H](C2=O)[C@H]2C=C[C@H]3C2)c1. The summed E-state index contributed by atoms with van der Waals surface area (Å²) >= 11 is 0. The zero-order valence-corrected chi connectivity index (χ0v) is 16.0. The highest BCUT2D eigenvalue weighted by Gasteiger charge is 2.59. The molecule has 3 aliphatic rings. The molecule has 0 unspecified atom stereocenters. The molecule has 0 radical (unpaired) electrons. The maximum absolute atomic E-state index is 13.0. The van der Waals surface area contributed by atoms with Crippen LogP contribution in [0.15, 0.2) is 66.7 Å². The number of nitrogens with one attached hydrogen (secondary N) is 1. The summed E-state index contributed by atoms with van der Waals surface area (Å²) in [5.74, 6) is -0.575.